The highest BCUT2D eigenvalue weighted by Crippen LogP contribution is 2.23. The van der Waals surface area contributed by atoms with Gasteiger partial charge < -0.3 is 10.1 Å². The van der Waals surface area contributed by atoms with Gasteiger partial charge in [-0.1, -0.05) is 12.1 Å². The minimum atomic E-state index is -0.249. The predicted molar refractivity (Wildman–Crippen MR) is 83.2 cm³/mol. The summed E-state index contributed by atoms with van der Waals surface area (Å²) in [5.41, 5.74) is 1.99. The first-order chi connectivity index (χ1) is 10.6. The minimum Gasteiger partial charge on any atom is -0.493 e. The molecule has 0 spiro atoms. The first kappa shape index (κ1) is 15.9. The van der Waals surface area contributed by atoms with Gasteiger partial charge in [0, 0.05) is 31.3 Å². The van der Waals surface area contributed by atoms with Crippen LogP contribution in [0.5, 0.6) is 5.75 Å². The average Bonchev–Trinajstić information content (AvgIpc) is 2.50. The molecule has 1 aromatic carbocycles. The van der Waals surface area contributed by atoms with Crippen LogP contribution < -0.4 is 10.1 Å². The van der Waals surface area contributed by atoms with E-state index in [0.717, 1.165) is 6.42 Å². The first-order valence-corrected chi connectivity index (χ1v) is 7.16. The Labute approximate surface area is 129 Å². The number of aromatic nitrogens is 1. The molecule has 5 heteroatoms. The number of nitrogens with zero attached hydrogens (tertiary/aromatic N) is 1. The highest BCUT2D eigenvalue weighted by atomic mass is 19.1. The average molecular weight is 302 g/mol. The molecule has 1 heterocycles. The van der Waals surface area contributed by atoms with E-state index in [4.69, 9.17) is 4.74 Å². The van der Waals surface area contributed by atoms with Crippen molar-refractivity contribution in [1.82, 2.24) is 10.3 Å². The normalized spacial score (nSPS) is 10.3. The number of benzene rings is 1. The summed E-state index contributed by atoms with van der Waals surface area (Å²) in [7, 11) is 0. The quantitative estimate of drug-likeness (QED) is 0.834. The lowest BCUT2D eigenvalue weighted by molar-refractivity contribution is -0.118. The van der Waals surface area contributed by atoms with Crippen LogP contribution in [-0.2, 0) is 4.79 Å². The van der Waals surface area contributed by atoms with E-state index in [0.29, 0.717) is 35.7 Å². The maximum Gasteiger partial charge on any atom is 0.216 e. The summed E-state index contributed by atoms with van der Waals surface area (Å²) in [4.78, 5) is 15.0. The molecule has 0 saturated heterocycles. The molecule has 0 bridgehead atoms. The van der Waals surface area contributed by atoms with Crippen molar-refractivity contribution in [3.8, 4) is 17.0 Å². The van der Waals surface area contributed by atoms with Gasteiger partial charge in [0.05, 0.1) is 12.3 Å². The van der Waals surface area contributed by atoms with Gasteiger partial charge in [-0.05, 0) is 31.0 Å². The van der Waals surface area contributed by atoms with Crippen LogP contribution in [-0.4, -0.2) is 24.0 Å². The molecule has 0 aliphatic heterocycles. The van der Waals surface area contributed by atoms with Gasteiger partial charge in [-0.2, -0.15) is 0 Å². The van der Waals surface area contributed by atoms with E-state index in [1.165, 1.54) is 13.0 Å². The third-order valence-electron chi connectivity index (χ3n) is 3.16. The third-order valence-corrected chi connectivity index (χ3v) is 3.16. The van der Waals surface area contributed by atoms with Crippen molar-refractivity contribution >= 4 is 5.91 Å². The van der Waals surface area contributed by atoms with E-state index in [9.17, 15) is 9.18 Å². The Bertz CT molecular complexity index is 659. The molecule has 0 aliphatic rings. The Morgan fingerprint density at radius 2 is 2.14 bits per heavy atom. The van der Waals surface area contributed by atoms with Crippen molar-refractivity contribution in [1.29, 1.82) is 0 Å². The molecule has 1 amide bonds. The van der Waals surface area contributed by atoms with Crippen LogP contribution >= 0.6 is 0 Å². The molecule has 116 valence electrons. The number of pyridine rings is 1. The minimum absolute atomic E-state index is 0.0485. The van der Waals surface area contributed by atoms with Gasteiger partial charge in [0.2, 0.25) is 5.91 Å². The largest absolute Gasteiger partial charge is 0.493 e. The summed E-state index contributed by atoms with van der Waals surface area (Å²) >= 11 is 0. The van der Waals surface area contributed by atoms with Crippen LogP contribution in [0.25, 0.3) is 11.3 Å². The molecule has 22 heavy (non-hydrogen) atoms. The standard InChI is InChI=1S/C17H19FN2O2/c1-12-4-5-14(10-16(12)18)17-11-15(6-8-20-17)22-9-3-7-19-13(2)21/h4-6,8,10-11H,3,7,9H2,1-2H3,(H,19,21). The zero-order valence-corrected chi connectivity index (χ0v) is 12.7. The number of ether oxygens (including phenoxy) is 1. The Morgan fingerprint density at radius 3 is 2.86 bits per heavy atom. The number of hydrogen-bond donors (Lipinski definition) is 1. The summed E-state index contributed by atoms with van der Waals surface area (Å²) in [6.45, 7) is 4.28. The Morgan fingerprint density at radius 1 is 1.32 bits per heavy atom. The van der Waals surface area contributed by atoms with Gasteiger partial charge in [-0.3, -0.25) is 9.78 Å². The molecule has 0 unspecified atom stereocenters. The maximum atomic E-state index is 13.6. The van der Waals surface area contributed by atoms with E-state index in [-0.39, 0.29) is 11.7 Å². The number of aryl methyl sites for hydroxylation is 1. The number of hydrogen-bond acceptors (Lipinski definition) is 3. The molecule has 1 aromatic heterocycles. The predicted octanol–water partition coefficient (Wildman–Crippen LogP) is 3.10. The third kappa shape index (κ3) is 4.55. The van der Waals surface area contributed by atoms with Crippen molar-refractivity contribution in [2.75, 3.05) is 13.2 Å². The zero-order valence-electron chi connectivity index (χ0n) is 12.7. The van der Waals surface area contributed by atoms with Gasteiger partial charge in [0.1, 0.15) is 11.6 Å². The molecule has 4 nitrogen and oxygen atoms in total. The number of carbonyl (C=O) groups is 1. The molecule has 0 saturated carbocycles. The molecule has 2 rings (SSSR count). The van der Waals surface area contributed by atoms with E-state index in [2.05, 4.69) is 10.3 Å². The monoisotopic (exact) mass is 302 g/mol. The topological polar surface area (TPSA) is 51.2 Å². The smallest absolute Gasteiger partial charge is 0.216 e. The summed E-state index contributed by atoms with van der Waals surface area (Å²) in [5.74, 6) is 0.377. The van der Waals surface area contributed by atoms with Gasteiger partial charge >= 0.3 is 0 Å². The summed E-state index contributed by atoms with van der Waals surface area (Å²) in [6.07, 6.45) is 2.35. The molecule has 1 N–H and O–H groups in total. The molecule has 0 radical (unpaired) electrons. The van der Waals surface area contributed by atoms with Gasteiger partial charge in [0.25, 0.3) is 0 Å². The first-order valence-electron chi connectivity index (χ1n) is 7.16. The molecule has 0 aliphatic carbocycles. The SMILES string of the molecule is CC(=O)NCCCOc1ccnc(-c2ccc(C)c(F)c2)c1. The van der Waals surface area contributed by atoms with Crippen LogP contribution in [0.4, 0.5) is 4.39 Å². The molecular formula is C17H19FN2O2. The summed E-state index contributed by atoms with van der Waals surface area (Å²) in [5, 5.41) is 2.71. The Balaban J connectivity index is 1.97. The second kappa shape index (κ2) is 7.54. The van der Waals surface area contributed by atoms with E-state index in [1.54, 1.807) is 31.3 Å². The van der Waals surface area contributed by atoms with Crippen molar-refractivity contribution in [3.05, 3.63) is 47.9 Å². The number of amides is 1. The van der Waals surface area contributed by atoms with E-state index >= 15 is 0 Å². The number of carbonyl (C=O) groups excluding carboxylic acids is 1. The number of rotatable bonds is 6. The van der Waals surface area contributed by atoms with Crippen molar-refractivity contribution in [3.63, 3.8) is 0 Å². The van der Waals surface area contributed by atoms with Crippen LogP contribution in [0, 0.1) is 12.7 Å². The molecule has 0 fully saturated rings. The summed E-state index contributed by atoms with van der Waals surface area (Å²) in [6, 6.07) is 8.57. The molecular weight excluding hydrogens is 283 g/mol. The zero-order chi connectivity index (χ0) is 15.9. The molecule has 2 aromatic rings. The highest BCUT2D eigenvalue weighted by Gasteiger charge is 2.05. The lowest BCUT2D eigenvalue weighted by Crippen LogP contribution is -2.22. The lowest BCUT2D eigenvalue weighted by Gasteiger charge is -2.08. The maximum absolute atomic E-state index is 13.6. The van der Waals surface area contributed by atoms with Crippen molar-refractivity contribution in [2.45, 2.75) is 20.3 Å². The van der Waals surface area contributed by atoms with Gasteiger partial charge in [-0.25, -0.2) is 4.39 Å². The second-order valence-electron chi connectivity index (χ2n) is 5.03. The Hall–Kier alpha value is -2.43. The van der Waals surface area contributed by atoms with Gasteiger partial charge in [-0.15, -0.1) is 0 Å². The fourth-order valence-electron chi connectivity index (χ4n) is 1.94. The van der Waals surface area contributed by atoms with E-state index in [1.807, 2.05) is 6.07 Å². The lowest BCUT2D eigenvalue weighted by atomic mass is 10.1. The highest BCUT2D eigenvalue weighted by molar-refractivity contribution is 5.72. The summed E-state index contributed by atoms with van der Waals surface area (Å²) < 4.78 is 19.2. The second-order valence-corrected chi connectivity index (χ2v) is 5.03. The van der Waals surface area contributed by atoms with Crippen LogP contribution in [0.1, 0.15) is 18.9 Å². The molecule has 0 atom stereocenters. The Kier molecular flexibility index (Phi) is 5.47. The van der Waals surface area contributed by atoms with Gasteiger partial charge in [0.15, 0.2) is 0 Å². The fourth-order valence-corrected chi connectivity index (χ4v) is 1.94. The van der Waals surface area contributed by atoms with Crippen molar-refractivity contribution < 1.29 is 13.9 Å². The number of halogens is 1. The van der Waals surface area contributed by atoms with Crippen molar-refractivity contribution in [2.24, 2.45) is 0 Å². The number of nitrogens with one attached hydrogen (secondary N) is 1. The van der Waals surface area contributed by atoms with Crippen LogP contribution in [0.15, 0.2) is 36.5 Å². The van der Waals surface area contributed by atoms with E-state index < -0.39 is 0 Å². The fraction of sp³-hybridized carbons (Fsp3) is 0.294. The van der Waals surface area contributed by atoms with Crippen LogP contribution in [0.2, 0.25) is 0 Å². The van der Waals surface area contributed by atoms with Crippen LogP contribution in [0.3, 0.4) is 0 Å².